The minimum Gasteiger partial charge on any atom is -0.494 e. The highest BCUT2D eigenvalue weighted by Crippen LogP contribution is 2.25. The number of benzene rings is 2. The number of urea groups is 1. The third-order valence-corrected chi connectivity index (χ3v) is 3.77. The van der Waals surface area contributed by atoms with Crippen molar-refractivity contribution in [2.45, 2.75) is 6.92 Å². The molecule has 25 heavy (non-hydrogen) atoms. The van der Waals surface area contributed by atoms with Crippen LogP contribution in [0.25, 0.3) is 0 Å². The van der Waals surface area contributed by atoms with Crippen molar-refractivity contribution >= 4 is 11.7 Å². The van der Waals surface area contributed by atoms with Crippen molar-refractivity contribution in [1.82, 2.24) is 4.90 Å². The largest absolute Gasteiger partial charge is 0.494 e. The van der Waals surface area contributed by atoms with Crippen LogP contribution < -0.4 is 14.8 Å². The molecule has 0 radical (unpaired) electrons. The van der Waals surface area contributed by atoms with E-state index in [-0.39, 0.29) is 6.03 Å². The zero-order valence-corrected chi connectivity index (χ0v) is 14.2. The van der Waals surface area contributed by atoms with Gasteiger partial charge in [0, 0.05) is 18.8 Å². The second kappa shape index (κ2) is 8.39. The van der Waals surface area contributed by atoms with E-state index in [1.54, 1.807) is 4.90 Å². The first kappa shape index (κ1) is 17.1. The molecular formula is C19H22N2O4. The molecule has 1 heterocycles. The second-order valence-electron chi connectivity index (χ2n) is 5.56. The number of carbonyl (C=O) groups is 1. The summed E-state index contributed by atoms with van der Waals surface area (Å²) in [6.07, 6.45) is 0. The number of ether oxygens (including phenoxy) is 3. The summed E-state index contributed by atoms with van der Waals surface area (Å²) in [7, 11) is 0. The predicted molar refractivity (Wildman–Crippen MR) is 95.5 cm³/mol. The van der Waals surface area contributed by atoms with Crippen molar-refractivity contribution < 1.29 is 19.0 Å². The first-order valence-corrected chi connectivity index (χ1v) is 8.39. The first-order valence-electron chi connectivity index (χ1n) is 8.39. The molecule has 0 aliphatic carbocycles. The van der Waals surface area contributed by atoms with E-state index in [9.17, 15) is 4.79 Å². The van der Waals surface area contributed by atoms with Crippen LogP contribution in [0.3, 0.4) is 0 Å². The van der Waals surface area contributed by atoms with Gasteiger partial charge in [0.25, 0.3) is 0 Å². The van der Waals surface area contributed by atoms with Crippen LogP contribution in [0.5, 0.6) is 17.2 Å². The lowest BCUT2D eigenvalue weighted by Gasteiger charge is -2.26. The van der Waals surface area contributed by atoms with Crippen molar-refractivity contribution in [3.05, 3.63) is 48.5 Å². The number of nitrogens with zero attached hydrogens (tertiary/aromatic N) is 1. The molecule has 132 valence electrons. The van der Waals surface area contributed by atoms with Gasteiger partial charge in [-0.2, -0.15) is 0 Å². The van der Waals surface area contributed by atoms with Crippen molar-refractivity contribution in [2.75, 3.05) is 38.2 Å². The number of carbonyl (C=O) groups excluding carboxylic acids is 1. The van der Waals surface area contributed by atoms with E-state index in [1.165, 1.54) is 0 Å². The molecule has 1 saturated heterocycles. The molecule has 6 heteroatoms. The Balaban J connectivity index is 1.55. The molecule has 0 atom stereocenters. The summed E-state index contributed by atoms with van der Waals surface area (Å²) in [6, 6.07) is 14.6. The Hall–Kier alpha value is -2.73. The Morgan fingerprint density at radius 2 is 1.56 bits per heavy atom. The van der Waals surface area contributed by atoms with E-state index < -0.39 is 0 Å². The minimum atomic E-state index is -0.108. The molecule has 1 aliphatic heterocycles. The van der Waals surface area contributed by atoms with Crippen LogP contribution in [0.4, 0.5) is 10.5 Å². The standard InChI is InChI=1S/C19H22N2O4/c1-2-24-16-7-9-18(10-8-16)25-17-5-3-15(4-6-17)20-19(22)21-11-13-23-14-12-21/h3-10H,2,11-14H2,1H3,(H,20,22). The summed E-state index contributed by atoms with van der Waals surface area (Å²) < 4.78 is 16.4. The van der Waals surface area contributed by atoms with Crippen molar-refractivity contribution in [3.8, 4) is 17.2 Å². The monoisotopic (exact) mass is 342 g/mol. The van der Waals surface area contributed by atoms with E-state index in [1.807, 2.05) is 55.5 Å². The number of hydrogen-bond acceptors (Lipinski definition) is 4. The van der Waals surface area contributed by atoms with Gasteiger partial charge >= 0.3 is 6.03 Å². The molecule has 1 aliphatic rings. The summed E-state index contributed by atoms with van der Waals surface area (Å²) in [4.78, 5) is 13.9. The summed E-state index contributed by atoms with van der Waals surface area (Å²) in [5.41, 5.74) is 0.732. The van der Waals surface area contributed by atoms with Crippen LogP contribution in [-0.4, -0.2) is 43.8 Å². The molecular weight excluding hydrogens is 320 g/mol. The Labute approximate surface area is 147 Å². The van der Waals surface area contributed by atoms with Crippen LogP contribution in [0.15, 0.2) is 48.5 Å². The third kappa shape index (κ3) is 4.87. The summed E-state index contributed by atoms with van der Waals surface area (Å²) in [6.45, 7) is 4.99. The van der Waals surface area contributed by atoms with E-state index in [0.29, 0.717) is 38.7 Å². The number of anilines is 1. The normalized spacial score (nSPS) is 14.0. The number of nitrogens with one attached hydrogen (secondary N) is 1. The minimum absolute atomic E-state index is 0.108. The zero-order valence-electron chi connectivity index (χ0n) is 14.2. The van der Waals surface area contributed by atoms with Gasteiger partial charge in [-0.1, -0.05) is 0 Å². The first-order chi connectivity index (χ1) is 12.2. The number of hydrogen-bond donors (Lipinski definition) is 1. The highest BCUT2D eigenvalue weighted by Gasteiger charge is 2.16. The molecule has 1 fully saturated rings. The van der Waals surface area contributed by atoms with E-state index >= 15 is 0 Å². The predicted octanol–water partition coefficient (Wildman–Crippen LogP) is 3.74. The van der Waals surface area contributed by atoms with E-state index in [0.717, 1.165) is 17.2 Å². The molecule has 0 spiro atoms. The van der Waals surface area contributed by atoms with Crippen molar-refractivity contribution in [2.24, 2.45) is 0 Å². The van der Waals surface area contributed by atoms with Gasteiger partial charge in [0.15, 0.2) is 0 Å². The third-order valence-electron chi connectivity index (χ3n) is 3.77. The SMILES string of the molecule is CCOc1ccc(Oc2ccc(NC(=O)N3CCOCC3)cc2)cc1. The summed E-state index contributed by atoms with van der Waals surface area (Å²) in [5, 5.41) is 2.88. The Kier molecular flexibility index (Phi) is 5.74. The van der Waals surface area contributed by atoms with E-state index in [4.69, 9.17) is 14.2 Å². The van der Waals surface area contributed by atoms with Crippen molar-refractivity contribution in [3.63, 3.8) is 0 Å². The molecule has 3 rings (SSSR count). The van der Waals surface area contributed by atoms with Crippen LogP contribution in [0, 0.1) is 0 Å². The van der Waals surface area contributed by atoms with E-state index in [2.05, 4.69) is 5.32 Å². The fourth-order valence-electron chi connectivity index (χ4n) is 2.48. The zero-order chi connectivity index (χ0) is 17.5. The molecule has 0 saturated carbocycles. The molecule has 0 unspecified atom stereocenters. The van der Waals surface area contributed by atoms with Gasteiger partial charge < -0.3 is 24.4 Å². The lowest BCUT2D eigenvalue weighted by atomic mass is 10.3. The maximum atomic E-state index is 12.1. The van der Waals surface area contributed by atoms with Crippen molar-refractivity contribution in [1.29, 1.82) is 0 Å². The Morgan fingerprint density at radius 3 is 2.16 bits per heavy atom. The highest BCUT2D eigenvalue weighted by molar-refractivity contribution is 5.89. The average molecular weight is 342 g/mol. The number of amides is 2. The molecule has 1 N–H and O–H groups in total. The topological polar surface area (TPSA) is 60.0 Å². The quantitative estimate of drug-likeness (QED) is 0.899. The number of morpholine rings is 1. The van der Waals surface area contributed by atoms with Gasteiger partial charge in [0.05, 0.1) is 19.8 Å². The van der Waals surface area contributed by atoms with Gasteiger partial charge in [-0.15, -0.1) is 0 Å². The Morgan fingerprint density at radius 1 is 1.00 bits per heavy atom. The molecule has 6 nitrogen and oxygen atoms in total. The second-order valence-corrected chi connectivity index (χ2v) is 5.56. The van der Waals surface area contributed by atoms with Gasteiger partial charge in [-0.05, 0) is 55.5 Å². The van der Waals surface area contributed by atoms with Gasteiger partial charge in [-0.3, -0.25) is 0 Å². The van der Waals surface area contributed by atoms with Crippen LogP contribution in [0.1, 0.15) is 6.92 Å². The molecule has 0 aromatic heterocycles. The van der Waals surface area contributed by atoms with Crippen LogP contribution in [-0.2, 0) is 4.74 Å². The van der Waals surface area contributed by atoms with Crippen LogP contribution in [0.2, 0.25) is 0 Å². The smallest absolute Gasteiger partial charge is 0.321 e. The lowest BCUT2D eigenvalue weighted by Crippen LogP contribution is -2.43. The average Bonchev–Trinajstić information content (AvgIpc) is 2.66. The van der Waals surface area contributed by atoms with Gasteiger partial charge in [0.2, 0.25) is 0 Å². The molecule has 2 amide bonds. The maximum absolute atomic E-state index is 12.1. The summed E-state index contributed by atoms with van der Waals surface area (Å²) >= 11 is 0. The van der Waals surface area contributed by atoms with Gasteiger partial charge in [-0.25, -0.2) is 4.79 Å². The maximum Gasteiger partial charge on any atom is 0.321 e. The fraction of sp³-hybridized carbons (Fsp3) is 0.316. The number of rotatable bonds is 5. The Bertz CT molecular complexity index is 680. The molecule has 2 aromatic rings. The lowest BCUT2D eigenvalue weighted by molar-refractivity contribution is 0.0564. The highest BCUT2D eigenvalue weighted by atomic mass is 16.5. The molecule has 2 aromatic carbocycles. The van der Waals surface area contributed by atoms with Crippen LogP contribution >= 0.6 is 0 Å². The van der Waals surface area contributed by atoms with Gasteiger partial charge in [0.1, 0.15) is 17.2 Å². The molecule has 0 bridgehead atoms. The fourth-order valence-corrected chi connectivity index (χ4v) is 2.48. The summed E-state index contributed by atoms with van der Waals surface area (Å²) in [5.74, 6) is 2.25.